The number of aldehydes is 1. The molecule has 2 saturated heterocycles. The highest BCUT2D eigenvalue weighted by Gasteiger charge is 2.71. The first-order valence-corrected chi connectivity index (χ1v) is 17.5. The van der Waals surface area contributed by atoms with Gasteiger partial charge in [0, 0.05) is 17.9 Å². The van der Waals surface area contributed by atoms with Crippen molar-refractivity contribution in [1.82, 2.24) is 0 Å². The molecule has 0 aromatic rings. The predicted molar refractivity (Wildman–Crippen MR) is 161 cm³/mol. The second-order valence-electron chi connectivity index (χ2n) is 15.7. The van der Waals surface area contributed by atoms with Crippen molar-refractivity contribution in [1.29, 1.82) is 0 Å². The Kier molecular flexibility index (Phi) is 8.93. The topological polar surface area (TPSA) is 222 Å². The fraction of sp³-hybridized carbons (Fsp3) is 0.882. The first kappa shape index (κ1) is 34.9. The number of aliphatic hydroxyl groups is 7. The highest BCUT2D eigenvalue weighted by molar-refractivity contribution is 5.85. The van der Waals surface area contributed by atoms with Gasteiger partial charge in [0.05, 0.1) is 35.4 Å². The lowest BCUT2D eigenvalue weighted by Crippen LogP contribution is -2.69. The molecular weight excluding hydrogens is 632 g/mol. The van der Waals surface area contributed by atoms with Crippen LogP contribution in [-0.2, 0) is 33.3 Å². The smallest absolute Gasteiger partial charge is 0.331 e. The minimum atomic E-state index is -1.65. The van der Waals surface area contributed by atoms with Crippen LogP contribution in [0.4, 0.5) is 0 Å². The maximum absolute atomic E-state index is 13.1. The summed E-state index contributed by atoms with van der Waals surface area (Å²) in [5.74, 6) is -0.752. The SMILES string of the molecule is C[C@H]1O[C@@H](O[C@H]2CC[C@]3(C=O)[C@H]4CC[C@]5(C)[C@@H](C6=CC(=O)OC6)CC[C@]5(O)[C@@H]4CC[C@]3(O)C2)[C@@H](O)[C@H]1O[C@H]1O[C@H](CO)[C@@H](O)[C@H](O)[C@H]1O. The third kappa shape index (κ3) is 5.01. The molecule has 0 radical (unpaired) electrons. The van der Waals surface area contributed by atoms with Gasteiger partial charge in [-0.2, -0.15) is 0 Å². The van der Waals surface area contributed by atoms with E-state index in [0.717, 1.165) is 18.3 Å². The minimum Gasteiger partial charge on any atom is -0.458 e. The maximum Gasteiger partial charge on any atom is 0.331 e. The summed E-state index contributed by atoms with van der Waals surface area (Å²) >= 11 is 0. The number of fused-ring (bicyclic) bond motifs is 5. The highest BCUT2D eigenvalue weighted by Crippen LogP contribution is 2.70. The summed E-state index contributed by atoms with van der Waals surface area (Å²) in [7, 11) is 0. The molecule has 0 amide bonds. The van der Waals surface area contributed by atoms with E-state index in [9.17, 15) is 45.3 Å². The second kappa shape index (κ2) is 12.3. The lowest BCUT2D eigenvalue weighted by atomic mass is 9.41. The summed E-state index contributed by atoms with van der Waals surface area (Å²) in [5.41, 5.74) is -3.07. The van der Waals surface area contributed by atoms with Crippen LogP contribution in [0.2, 0.25) is 0 Å². The molecule has 48 heavy (non-hydrogen) atoms. The maximum atomic E-state index is 13.1. The predicted octanol–water partition coefficient (Wildman–Crippen LogP) is -0.787. The van der Waals surface area contributed by atoms with E-state index in [1.54, 1.807) is 13.0 Å². The summed E-state index contributed by atoms with van der Waals surface area (Å²) < 4.78 is 28.6. The zero-order chi connectivity index (χ0) is 34.4. The Morgan fingerprint density at radius 2 is 1.62 bits per heavy atom. The fourth-order valence-electron chi connectivity index (χ4n) is 11.1. The summed E-state index contributed by atoms with van der Waals surface area (Å²) in [5, 5.41) is 76.0. The summed E-state index contributed by atoms with van der Waals surface area (Å²) in [4.78, 5) is 25.0. The zero-order valence-electron chi connectivity index (χ0n) is 27.4. The second-order valence-corrected chi connectivity index (χ2v) is 15.7. The fourth-order valence-corrected chi connectivity index (χ4v) is 11.1. The number of cyclic esters (lactones) is 1. The van der Waals surface area contributed by atoms with Gasteiger partial charge in [0.2, 0.25) is 0 Å². The molecular formula is C34H50O14. The first-order valence-electron chi connectivity index (χ1n) is 17.5. The molecule has 14 nitrogen and oxygen atoms in total. The van der Waals surface area contributed by atoms with Gasteiger partial charge in [-0.1, -0.05) is 6.92 Å². The number of rotatable bonds is 7. The summed E-state index contributed by atoms with van der Waals surface area (Å²) in [6, 6.07) is 0. The van der Waals surface area contributed by atoms with Crippen LogP contribution in [0.1, 0.15) is 71.6 Å². The molecule has 3 heterocycles. The van der Waals surface area contributed by atoms with Crippen molar-refractivity contribution in [2.45, 2.75) is 144 Å². The van der Waals surface area contributed by atoms with Gasteiger partial charge in [-0.25, -0.2) is 4.79 Å². The van der Waals surface area contributed by atoms with Crippen molar-refractivity contribution in [2.75, 3.05) is 13.2 Å². The molecule has 14 heteroatoms. The first-order chi connectivity index (χ1) is 22.7. The van der Waals surface area contributed by atoms with Crippen molar-refractivity contribution in [3.8, 4) is 0 Å². The molecule has 6 fully saturated rings. The Bertz CT molecular complexity index is 1290. The van der Waals surface area contributed by atoms with E-state index in [0.29, 0.717) is 44.9 Å². The lowest BCUT2D eigenvalue weighted by Gasteiger charge is -2.65. The molecule has 7 aliphatic rings. The third-order valence-corrected chi connectivity index (χ3v) is 13.7. The normalized spacial score (nSPS) is 55.0. The Hall–Kier alpha value is -1.56. The highest BCUT2D eigenvalue weighted by atomic mass is 16.8. The van der Waals surface area contributed by atoms with Crippen LogP contribution >= 0.6 is 0 Å². The molecule has 0 aromatic carbocycles. The van der Waals surface area contributed by atoms with Crippen LogP contribution in [0.3, 0.4) is 0 Å². The van der Waals surface area contributed by atoms with E-state index in [2.05, 4.69) is 6.92 Å². The van der Waals surface area contributed by atoms with Gasteiger partial charge >= 0.3 is 5.97 Å². The molecule has 7 N–H and O–H groups in total. The molecule has 3 aliphatic heterocycles. The van der Waals surface area contributed by atoms with Crippen LogP contribution in [0.5, 0.6) is 0 Å². The van der Waals surface area contributed by atoms with E-state index in [1.165, 1.54) is 0 Å². The molecule has 7 rings (SSSR count). The molecule has 17 atom stereocenters. The van der Waals surface area contributed by atoms with E-state index in [-0.39, 0.29) is 36.8 Å². The largest absolute Gasteiger partial charge is 0.458 e. The molecule has 0 aromatic heterocycles. The van der Waals surface area contributed by atoms with E-state index < -0.39 is 90.1 Å². The number of ether oxygens (including phenoxy) is 5. The Balaban J connectivity index is 1.03. The molecule has 0 spiro atoms. The summed E-state index contributed by atoms with van der Waals surface area (Å²) in [6.07, 6.45) is -5.51. The lowest BCUT2D eigenvalue weighted by molar-refractivity contribution is -0.317. The van der Waals surface area contributed by atoms with Gasteiger partial charge in [-0.3, -0.25) is 0 Å². The van der Waals surface area contributed by atoms with Gasteiger partial charge in [-0.05, 0) is 81.6 Å². The third-order valence-electron chi connectivity index (χ3n) is 13.7. The molecule has 4 aliphatic carbocycles. The van der Waals surface area contributed by atoms with Gasteiger partial charge < -0.3 is 64.2 Å². The Morgan fingerprint density at radius 1 is 0.896 bits per heavy atom. The van der Waals surface area contributed by atoms with Crippen LogP contribution in [-0.4, -0.2) is 134 Å². The number of hydrogen-bond acceptors (Lipinski definition) is 14. The Morgan fingerprint density at radius 3 is 2.31 bits per heavy atom. The Labute approximate surface area is 279 Å². The number of hydrogen-bond donors (Lipinski definition) is 7. The van der Waals surface area contributed by atoms with Crippen LogP contribution in [0.25, 0.3) is 0 Å². The van der Waals surface area contributed by atoms with Gasteiger partial charge in [0.25, 0.3) is 0 Å². The number of aliphatic hydroxyl groups excluding tert-OH is 5. The molecule has 270 valence electrons. The molecule has 4 saturated carbocycles. The van der Waals surface area contributed by atoms with Crippen LogP contribution in [0, 0.1) is 28.6 Å². The summed E-state index contributed by atoms with van der Waals surface area (Å²) in [6.45, 7) is 3.37. The van der Waals surface area contributed by atoms with Gasteiger partial charge in [-0.15, -0.1) is 0 Å². The zero-order valence-corrected chi connectivity index (χ0v) is 27.4. The van der Waals surface area contributed by atoms with Crippen LogP contribution in [0.15, 0.2) is 11.6 Å². The van der Waals surface area contributed by atoms with Crippen molar-refractivity contribution in [3.63, 3.8) is 0 Å². The van der Waals surface area contributed by atoms with Crippen molar-refractivity contribution < 1.29 is 69.0 Å². The monoisotopic (exact) mass is 682 g/mol. The van der Waals surface area contributed by atoms with E-state index in [4.69, 9.17) is 23.7 Å². The van der Waals surface area contributed by atoms with Gasteiger partial charge in [0.15, 0.2) is 12.6 Å². The molecule has 0 unspecified atom stereocenters. The number of esters is 1. The van der Waals surface area contributed by atoms with Crippen molar-refractivity contribution in [3.05, 3.63) is 11.6 Å². The molecule has 0 bridgehead atoms. The number of carbonyl (C=O) groups is 2. The van der Waals surface area contributed by atoms with Gasteiger partial charge in [0.1, 0.15) is 49.5 Å². The van der Waals surface area contributed by atoms with Crippen LogP contribution < -0.4 is 0 Å². The average molecular weight is 683 g/mol. The minimum absolute atomic E-state index is 0.0146. The van der Waals surface area contributed by atoms with E-state index >= 15 is 0 Å². The number of carbonyl (C=O) groups excluding carboxylic acids is 2. The standard InChI is InChI=1S/C34H50O14/c1-16-28(48-29-26(40)25(39)24(38)22(13-35)47-29)27(41)30(45-16)46-18-3-8-32(15-36)20-4-7-31(2)19(17-11-23(37)44-14-17)6-10-34(31,43)21(20)5-9-33(32,42)12-18/h11,15-16,18-22,24-30,35,38-43H,3-10,12-14H2,1-2H3/t16-,18+,19-,20+,21-,22-,24-,25+,26-,27+,28+,29-,30+,31-,32+,33+,34+/m1/s1. The van der Waals surface area contributed by atoms with E-state index in [1.807, 2.05) is 0 Å². The average Bonchev–Trinajstić information content (AvgIpc) is 3.69. The quantitative estimate of drug-likeness (QED) is 0.129. The van der Waals surface area contributed by atoms with Crippen molar-refractivity contribution in [2.24, 2.45) is 28.6 Å². The van der Waals surface area contributed by atoms with Crippen molar-refractivity contribution >= 4 is 12.3 Å².